The molecule has 0 unspecified atom stereocenters. The standard InChI is InChI=1S/C11H19N7O2S/c1-3-9-13-14-10(20-9)8-21-11-15-16-17-18(11)6-4-12-5-7-19-2/h12H,3-8H2,1-2H3. The Bertz CT molecular complexity index is 530. The minimum Gasteiger partial charge on any atom is -0.424 e. The van der Waals surface area contributed by atoms with Gasteiger partial charge in [0.15, 0.2) is 0 Å². The molecule has 2 heterocycles. The third-order valence-electron chi connectivity index (χ3n) is 2.62. The molecule has 1 N–H and O–H groups in total. The highest BCUT2D eigenvalue weighted by molar-refractivity contribution is 7.98. The second kappa shape index (κ2) is 8.70. The lowest BCUT2D eigenvalue weighted by molar-refractivity contribution is 0.199. The number of methoxy groups -OCH3 is 1. The fraction of sp³-hybridized carbons (Fsp3) is 0.727. The highest BCUT2D eigenvalue weighted by Gasteiger charge is 2.10. The Morgan fingerprint density at radius 3 is 2.86 bits per heavy atom. The number of hydrogen-bond acceptors (Lipinski definition) is 9. The Morgan fingerprint density at radius 2 is 2.10 bits per heavy atom. The molecule has 9 nitrogen and oxygen atoms in total. The van der Waals surface area contributed by atoms with E-state index in [1.807, 2.05) is 6.92 Å². The Labute approximate surface area is 126 Å². The summed E-state index contributed by atoms with van der Waals surface area (Å²) in [6.07, 6.45) is 0.739. The summed E-state index contributed by atoms with van der Waals surface area (Å²) in [6, 6.07) is 0. The molecule has 0 saturated heterocycles. The molecule has 0 aliphatic rings. The van der Waals surface area contributed by atoms with Gasteiger partial charge in [0.25, 0.3) is 0 Å². The highest BCUT2D eigenvalue weighted by atomic mass is 32.2. The number of aromatic nitrogens is 6. The van der Waals surface area contributed by atoms with Crippen LogP contribution >= 0.6 is 11.8 Å². The molecule has 10 heteroatoms. The average molecular weight is 313 g/mol. The van der Waals surface area contributed by atoms with E-state index in [0.717, 1.165) is 24.7 Å². The van der Waals surface area contributed by atoms with Crippen molar-refractivity contribution >= 4 is 11.8 Å². The fourth-order valence-corrected chi connectivity index (χ4v) is 2.28. The first kappa shape index (κ1) is 15.9. The smallest absolute Gasteiger partial charge is 0.226 e. The van der Waals surface area contributed by atoms with E-state index in [4.69, 9.17) is 9.15 Å². The summed E-state index contributed by atoms with van der Waals surface area (Å²) < 4.78 is 12.2. The van der Waals surface area contributed by atoms with Crippen molar-refractivity contribution in [2.45, 2.75) is 30.8 Å². The Morgan fingerprint density at radius 1 is 1.24 bits per heavy atom. The number of hydrogen-bond donors (Lipinski definition) is 1. The maximum atomic E-state index is 5.45. The van der Waals surface area contributed by atoms with Gasteiger partial charge < -0.3 is 14.5 Å². The van der Waals surface area contributed by atoms with Gasteiger partial charge in [-0.25, -0.2) is 4.68 Å². The fourth-order valence-electron chi connectivity index (χ4n) is 1.54. The maximum absolute atomic E-state index is 5.45. The van der Waals surface area contributed by atoms with Gasteiger partial charge in [0.2, 0.25) is 16.9 Å². The summed E-state index contributed by atoms with van der Waals surface area (Å²) in [7, 11) is 1.68. The molecule has 2 aromatic heterocycles. The number of nitrogens with one attached hydrogen (secondary N) is 1. The summed E-state index contributed by atoms with van der Waals surface area (Å²) >= 11 is 1.48. The molecule has 0 radical (unpaired) electrons. The van der Waals surface area contributed by atoms with Gasteiger partial charge in [-0.2, -0.15) is 0 Å². The van der Waals surface area contributed by atoms with Crippen LogP contribution in [0.1, 0.15) is 18.7 Å². The predicted molar refractivity (Wildman–Crippen MR) is 75.8 cm³/mol. The lowest BCUT2D eigenvalue weighted by Gasteiger charge is -2.05. The number of nitrogens with zero attached hydrogens (tertiary/aromatic N) is 6. The number of ether oxygens (including phenoxy) is 1. The Balaban J connectivity index is 1.77. The minimum absolute atomic E-state index is 0.560. The van der Waals surface area contributed by atoms with Crippen molar-refractivity contribution in [2.75, 3.05) is 26.8 Å². The Hall–Kier alpha value is -1.52. The summed E-state index contributed by atoms with van der Waals surface area (Å²) in [4.78, 5) is 0. The van der Waals surface area contributed by atoms with Crippen molar-refractivity contribution in [2.24, 2.45) is 0 Å². The van der Waals surface area contributed by atoms with Crippen molar-refractivity contribution in [1.29, 1.82) is 0 Å². The third-order valence-corrected chi connectivity index (χ3v) is 3.56. The van der Waals surface area contributed by atoms with E-state index in [9.17, 15) is 0 Å². The van der Waals surface area contributed by atoms with Crippen molar-refractivity contribution in [3.05, 3.63) is 11.8 Å². The number of thioether (sulfide) groups is 1. The molecule has 2 aromatic rings. The molecule has 21 heavy (non-hydrogen) atoms. The van der Waals surface area contributed by atoms with E-state index in [0.29, 0.717) is 30.7 Å². The molecule has 0 saturated carbocycles. The van der Waals surface area contributed by atoms with Crippen LogP contribution in [0.25, 0.3) is 0 Å². The van der Waals surface area contributed by atoms with Gasteiger partial charge in [-0.3, -0.25) is 0 Å². The van der Waals surface area contributed by atoms with Gasteiger partial charge >= 0.3 is 0 Å². The Kier molecular flexibility index (Phi) is 6.57. The van der Waals surface area contributed by atoms with Crippen molar-refractivity contribution in [3.8, 4) is 0 Å². The van der Waals surface area contributed by atoms with Crippen LogP contribution in [0.15, 0.2) is 9.57 Å². The monoisotopic (exact) mass is 313 g/mol. The zero-order valence-electron chi connectivity index (χ0n) is 12.2. The quantitative estimate of drug-likeness (QED) is 0.484. The molecule has 0 fully saturated rings. The topological polar surface area (TPSA) is 104 Å². The summed E-state index contributed by atoms with van der Waals surface area (Å²) in [5.41, 5.74) is 0. The molecule has 2 rings (SSSR count). The van der Waals surface area contributed by atoms with Crippen LogP contribution in [0.5, 0.6) is 0 Å². The van der Waals surface area contributed by atoms with E-state index in [2.05, 4.69) is 31.0 Å². The maximum Gasteiger partial charge on any atom is 0.226 e. The van der Waals surface area contributed by atoms with Gasteiger partial charge in [-0.05, 0) is 10.4 Å². The molecule has 0 spiro atoms. The molecule has 0 aliphatic heterocycles. The van der Waals surface area contributed by atoms with Crippen LogP contribution in [0.3, 0.4) is 0 Å². The molecule has 0 aliphatic carbocycles. The van der Waals surface area contributed by atoms with Gasteiger partial charge in [-0.15, -0.1) is 15.3 Å². The van der Waals surface area contributed by atoms with Gasteiger partial charge in [0, 0.05) is 26.6 Å². The second-order valence-electron chi connectivity index (χ2n) is 4.16. The zero-order valence-corrected chi connectivity index (χ0v) is 13.0. The lowest BCUT2D eigenvalue weighted by atomic mass is 10.5. The third kappa shape index (κ3) is 5.06. The summed E-state index contributed by atoms with van der Waals surface area (Å²) in [6.45, 7) is 4.95. The average Bonchev–Trinajstić information content (AvgIpc) is 3.13. The molecular formula is C11H19N7O2S. The van der Waals surface area contributed by atoms with Crippen molar-refractivity contribution in [3.63, 3.8) is 0 Å². The van der Waals surface area contributed by atoms with E-state index in [1.54, 1.807) is 11.8 Å². The van der Waals surface area contributed by atoms with Gasteiger partial charge in [-0.1, -0.05) is 18.7 Å². The van der Waals surface area contributed by atoms with E-state index in [1.165, 1.54) is 11.8 Å². The van der Waals surface area contributed by atoms with E-state index >= 15 is 0 Å². The van der Waals surface area contributed by atoms with Gasteiger partial charge in [0.1, 0.15) is 0 Å². The lowest BCUT2D eigenvalue weighted by Crippen LogP contribution is -2.24. The van der Waals surface area contributed by atoms with Crippen molar-refractivity contribution < 1.29 is 9.15 Å². The van der Waals surface area contributed by atoms with Crippen LogP contribution in [-0.4, -0.2) is 57.2 Å². The normalized spacial score (nSPS) is 11.1. The van der Waals surface area contributed by atoms with Crippen molar-refractivity contribution in [1.82, 2.24) is 35.7 Å². The molecule has 0 aromatic carbocycles. The highest BCUT2D eigenvalue weighted by Crippen LogP contribution is 2.19. The summed E-state index contributed by atoms with van der Waals surface area (Å²) in [5.74, 6) is 1.79. The number of rotatable bonds is 10. The van der Waals surface area contributed by atoms with E-state index in [-0.39, 0.29) is 0 Å². The predicted octanol–water partition coefficient (Wildman–Crippen LogP) is 0.147. The zero-order chi connectivity index (χ0) is 14.9. The van der Waals surface area contributed by atoms with Crippen LogP contribution in [0, 0.1) is 0 Å². The van der Waals surface area contributed by atoms with Crippen LogP contribution < -0.4 is 5.32 Å². The van der Waals surface area contributed by atoms with Crippen LogP contribution in [0.2, 0.25) is 0 Å². The SMILES string of the molecule is CCc1nnc(CSc2nnnn2CCNCCOC)o1. The first-order valence-electron chi connectivity index (χ1n) is 6.73. The molecule has 0 amide bonds. The molecule has 116 valence electrons. The largest absolute Gasteiger partial charge is 0.424 e. The minimum atomic E-state index is 0.560. The van der Waals surface area contributed by atoms with Gasteiger partial charge in [0.05, 0.1) is 18.9 Å². The van der Waals surface area contributed by atoms with E-state index < -0.39 is 0 Å². The number of aryl methyl sites for hydroxylation is 1. The number of tetrazole rings is 1. The molecule has 0 bridgehead atoms. The summed E-state index contributed by atoms with van der Waals surface area (Å²) in [5, 5.41) is 23.5. The molecular weight excluding hydrogens is 294 g/mol. The second-order valence-corrected chi connectivity index (χ2v) is 5.10. The van der Waals surface area contributed by atoms with Crippen LogP contribution in [-0.2, 0) is 23.5 Å². The first-order chi connectivity index (χ1) is 10.3. The first-order valence-corrected chi connectivity index (χ1v) is 7.72. The molecule has 0 atom stereocenters. The van der Waals surface area contributed by atoms with Crippen LogP contribution in [0.4, 0.5) is 0 Å².